The van der Waals surface area contributed by atoms with Crippen molar-refractivity contribution in [2.45, 2.75) is 51.3 Å². The van der Waals surface area contributed by atoms with Crippen LogP contribution in [0.5, 0.6) is 5.75 Å². The first-order valence-electron chi connectivity index (χ1n) is 9.45. The molecule has 0 N–H and O–H groups in total. The highest BCUT2D eigenvalue weighted by Crippen LogP contribution is 2.32. The van der Waals surface area contributed by atoms with Gasteiger partial charge in [-0.05, 0) is 39.2 Å². The molecule has 2 aliphatic heterocycles. The summed E-state index contributed by atoms with van der Waals surface area (Å²) in [5.74, 6) is 0.00866. The lowest BCUT2D eigenvalue weighted by atomic mass is 9.93. The Balaban J connectivity index is 1.79. The van der Waals surface area contributed by atoms with Crippen molar-refractivity contribution in [3.63, 3.8) is 0 Å². The number of benzene rings is 1. The first kappa shape index (κ1) is 19.1. The predicted molar refractivity (Wildman–Crippen MR) is 97.6 cm³/mol. The Hall–Kier alpha value is -1.66. The zero-order valence-electron chi connectivity index (χ0n) is 16.0. The number of rotatable bonds is 4. The minimum Gasteiger partial charge on any atom is -0.494 e. The number of carbonyl (C=O) groups excluding carboxylic acids is 1. The van der Waals surface area contributed by atoms with E-state index in [9.17, 15) is 9.18 Å². The molecule has 0 saturated carbocycles. The van der Waals surface area contributed by atoms with Gasteiger partial charge in [0.05, 0.1) is 13.7 Å². The number of morpholine rings is 1. The molecule has 1 spiro atoms. The fourth-order valence-electron chi connectivity index (χ4n) is 4.00. The fourth-order valence-corrected chi connectivity index (χ4v) is 4.00. The molecule has 0 radical (unpaired) electrons. The van der Waals surface area contributed by atoms with Crippen molar-refractivity contribution in [3.8, 4) is 5.75 Å². The van der Waals surface area contributed by atoms with Crippen LogP contribution >= 0.6 is 0 Å². The van der Waals surface area contributed by atoms with Gasteiger partial charge >= 0.3 is 0 Å². The van der Waals surface area contributed by atoms with Gasteiger partial charge < -0.3 is 14.4 Å². The second-order valence-electron chi connectivity index (χ2n) is 7.54. The van der Waals surface area contributed by atoms with Crippen molar-refractivity contribution in [2.24, 2.45) is 0 Å². The fraction of sp³-hybridized carbons (Fsp3) is 0.650. The molecule has 1 aromatic carbocycles. The van der Waals surface area contributed by atoms with Gasteiger partial charge in [-0.1, -0.05) is 12.1 Å². The maximum absolute atomic E-state index is 14.5. The van der Waals surface area contributed by atoms with Crippen LogP contribution in [0.15, 0.2) is 18.2 Å². The smallest absolute Gasteiger partial charge is 0.256 e. The molecule has 26 heavy (non-hydrogen) atoms. The monoisotopic (exact) mass is 364 g/mol. The van der Waals surface area contributed by atoms with Crippen LogP contribution < -0.4 is 4.74 Å². The number of methoxy groups -OCH3 is 1. The Labute approximate surface area is 155 Å². The van der Waals surface area contributed by atoms with Crippen LogP contribution in [0.1, 0.15) is 38.7 Å². The van der Waals surface area contributed by atoms with E-state index in [-0.39, 0.29) is 23.5 Å². The van der Waals surface area contributed by atoms with Gasteiger partial charge in [-0.3, -0.25) is 9.69 Å². The summed E-state index contributed by atoms with van der Waals surface area (Å²) in [4.78, 5) is 17.3. The quantitative estimate of drug-likeness (QED) is 0.824. The van der Waals surface area contributed by atoms with Gasteiger partial charge in [0, 0.05) is 37.8 Å². The van der Waals surface area contributed by atoms with E-state index >= 15 is 0 Å². The number of hydrogen-bond donors (Lipinski definition) is 0. The lowest BCUT2D eigenvalue weighted by molar-refractivity contribution is -0.172. The number of amides is 1. The Morgan fingerprint density at radius 3 is 2.85 bits per heavy atom. The SMILES string of the molecule is COc1cccc(CN2CCOC3(CCCCN(C(C)C)C3=O)C2)c1F. The normalized spacial score (nSPS) is 25.0. The highest BCUT2D eigenvalue weighted by Gasteiger charge is 2.47. The Bertz CT molecular complexity index is 652. The van der Waals surface area contributed by atoms with Crippen molar-refractivity contribution < 1.29 is 18.7 Å². The maximum atomic E-state index is 14.5. The van der Waals surface area contributed by atoms with Crippen molar-refractivity contribution >= 4 is 5.91 Å². The molecule has 2 saturated heterocycles. The van der Waals surface area contributed by atoms with Crippen LogP contribution in [0.2, 0.25) is 0 Å². The van der Waals surface area contributed by atoms with Crippen LogP contribution in [0.3, 0.4) is 0 Å². The maximum Gasteiger partial charge on any atom is 0.256 e. The highest BCUT2D eigenvalue weighted by atomic mass is 19.1. The summed E-state index contributed by atoms with van der Waals surface area (Å²) in [5.41, 5.74) is -0.211. The van der Waals surface area contributed by atoms with Gasteiger partial charge in [0.1, 0.15) is 0 Å². The molecule has 5 nitrogen and oxygen atoms in total. The lowest BCUT2D eigenvalue weighted by Gasteiger charge is -2.43. The van der Waals surface area contributed by atoms with Crippen LogP contribution in [0, 0.1) is 5.82 Å². The second-order valence-corrected chi connectivity index (χ2v) is 7.54. The molecular weight excluding hydrogens is 335 g/mol. The summed E-state index contributed by atoms with van der Waals surface area (Å²) in [7, 11) is 1.47. The molecular formula is C20H29FN2O3. The van der Waals surface area contributed by atoms with Crippen molar-refractivity contribution in [2.75, 3.05) is 33.4 Å². The number of carbonyl (C=O) groups is 1. The van der Waals surface area contributed by atoms with E-state index in [1.54, 1.807) is 18.2 Å². The van der Waals surface area contributed by atoms with Gasteiger partial charge in [0.15, 0.2) is 17.2 Å². The van der Waals surface area contributed by atoms with Gasteiger partial charge in [0.25, 0.3) is 5.91 Å². The molecule has 2 fully saturated rings. The first-order chi connectivity index (χ1) is 12.5. The predicted octanol–water partition coefficient (Wildman–Crippen LogP) is 2.83. The standard InChI is InChI=1S/C20H29FN2O3/c1-15(2)23-10-5-4-9-20(19(23)24)14-22(11-12-26-20)13-16-7-6-8-17(25-3)18(16)21/h6-8,15H,4-5,9-14H2,1-3H3. The van der Waals surface area contributed by atoms with E-state index in [2.05, 4.69) is 4.90 Å². The van der Waals surface area contributed by atoms with E-state index in [0.717, 1.165) is 25.8 Å². The zero-order chi connectivity index (χ0) is 18.7. The summed E-state index contributed by atoms with van der Waals surface area (Å²) >= 11 is 0. The average Bonchev–Trinajstić information content (AvgIpc) is 2.77. The Morgan fingerprint density at radius 1 is 1.31 bits per heavy atom. The molecule has 1 amide bonds. The van der Waals surface area contributed by atoms with Gasteiger partial charge in [0.2, 0.25) is 0 Å². The molecule has 1 unspecified atom stereocenters. The first-order valence-corrected chi connectivity index (χ1v) is 9.45. The third-order valence-electron chi connectivity index (χ3n) is 5.43. The molecule has 144 valence electrons. The Morgan fingerprint density at radius 2 is 2.12 bits per heavy atom. The summed E-state index contributed by atoms with van der Waals surface area (Å²) in [6, 6.07) is 5.35. The molecule has 1 atom stereocenters. The summed E-state index contributed by atoms with van der Waals surface area (Å²) in [6.07, 6.45) is 2.70. The van der Waals surface area contributed by atoms with Crippen molar-refractivity contribution in [1.29, 1.82) is 0 Å². The van der Waals surface area contributed by atoms with Crippen molar-refractivity contribution in [3.05, 3.63) is 29.6 Å². The summed E-state index contributed by atoms with van der Waals surface area (Å²) in [5, 5.41) is 0. The van der Waals surface area contributed by atoms with Crippen LogP contribution in [0.25, 0.3) is 0 Å². The third-order valence-corrected chi connectivity index (χ3v) is 5.43. The Kier molecular flexibility index (Phi) is 5.82. The van der Waals surface area contributed by atoms with Gasteiger partial charge in [-0.25, -0.2) is 4.39 Å². The minimum absolute atomic E-state index is 0.0841. The molecule has 3 rings (SSSR count). The molecule has 0 aromatic heterocycles. The number of nitrogens with zero attached hydrogens (tertiary/aromatic N) is 2. The van der Waals surface area contributed by atoms with Gasteiger partial charge in [-0.15, -0.1) is 0 Å². The minimum atomic E-state index is -0.797. The summed E-state index contributed by atoms with van der Waals surface area (Å²) in [6.45, 7) is 7.00. The molecule has 2 heterocycles. The highest BCUT2D eigenvalue weighted by molar-refractivity contribution is 5.86. The third kappa shape index (κ3) is 3.71. The van der Waals surface area contributed by atoms with Gasteiger partial charge in [-0.2, -0.15) is 0 Å². The number of likely N-dealkylation sites (tertiary alicyclic amines) is 1. The van der Waals surface area contributed by atoms with Crippen LogP contribution in [0.4, 0.5) is 4.39 Å². The van der Waals surface area contributed by atoms with E-state index in [4.69, 9.17) is 9.47 Å². The number of halogens is 1. The van der Waals surface area contributed by atoms with Crippen LogP contribution in [-0.4, -0.2) is 60.7 Å². The molecule has 0 bridgehead atoms. The topological polar surface area (TPSA) is 42.0 Å². The van der Waals surface area contributed by atoms with E-state index in [1.807, 2.05) is 18.7 Å². The van der Waals surface area contributed by atoms with Crippen molar-refractivity contribution in [1.82, 2.24) is 9.80 Å². The number of hydrogen-bond acceptors (Lipinski definition) is 4. The van der Waals surface area contributed by atoms with E-state index in [0.29, 0.717) is 31.8 Å². The van der Waals surface area contributed by atoms with Crippen LogP contribution in [-0.2, 0) is 16.1 Å². The molecule has 6 heteroatoms. The molecule has 2 aliphatic rings. The lowest BCUT2D eigenvalue weighted by Crippen LogP contribution is -2.60. The van der Waals surface area contributed by atoms with E-state index in [1.165, 1.54) is 7.11 Å². The number of ether oxygens (including phenoxy) is 2. The average molecular weight is 364 g/mol. The van der Waals surface area contributed by atoms with E-state index < -0.39 is 5.60 Å². The second kappa shape index (κ2) is 7.92. The zero-order valence-corrected chi connectivity index (χ0v) is 16.0. The molecule has 1 aromatic rings. The molecule has 0 aliphatic carbocycles. The largest absolute Gasteiger partial charge is 0.494 e. The summed E-state index contributed by atoms with van der Waals surface area (Å²) < 4.78 is 25.7.